The van der Waals surface area contributed by atoms with Crippen LogP contribution in [-0.4, -0.2) is 52.3 Å². The number of carbonyl (C=O) groups is 2. The average molecular weight is 449 g/mol. The van der Waals surface area contributed by atoms with Gasteiger partial charge in [-0.2, -0.15) is 5.10 Å². The lowest BCUT2D eigenvalue weighted by Gasteiger charge is -2.25. The number of nitrogens with one attached hydrogen (secondary N) is 1. The number of fused-ring (bicyclic) bond motifs is 1. The quantitative estimate of drug-likeness (QED) is 0.626. The Morgan fingerprint density at radius 3 is 2.64 bits per heavy atom. The molecular weight excluding hydrogens is 420 g/mol. The van der Waals surface area contributed by atoms with Gasteiger partial charge in [0.1, 0.15) is 6.54 Å². The highest BCUT2D eigenvalue weighted by molar-refractivity contribution is 6.06. The summed E-state index contributed by atoms with van der Waals surface area (Å²) in [5.74, 6) is -0.711. The first-order valence-corrected chi connectivity index (χ1v) is 11.1. The van der Waals surface area contributed by atoms with Crippen LogP contribution < -0.4 is 10.9 Å². The van der Waals surface area contributed by atoms with Crippen molar-refractivity contribution < 1.29 is 14.3 Å². The van der Waals surface area contributed by atoms with Crippen LogP contribution in [0.3, 0.4) is 0 Å². The molecule has 1 aliphatic rings. The SMILES string of the molecule is Cc1cccc(NC(=O)CN(CC2CCCO2)C(=O)c2nn(C)c(=O)c3ccccc23)c1C. The number of carbonyl (C=O) groups excluding carboxylic acids is 2. The van der Waals surface area contributed by atoms with E-state index in [1.807, 2.05) is 32.0 Å². The largest absolute Gasteiger partial charge is 0.376 e. The lowest BCUT2D eigenvalue weighted by Crippen LogP contribution is -2.43. The number of anilines is 1. The average Bonchev–Trinajstić information content (AvgIpc) is 3.31. The van der Waals surface area contributed by atoms with E-state index in [1.165, 1.54) is 11.9 Å². The van der Waals surface area contributed by atoms with E-state index in [9.17, 15) is 14.4 Å². The Bertz CT molecular complexity index is 1260. The molecule has 8 nitrogen and oxygen atoms in total. The van der Waals surface area contributed by atoms with E-state index in [0.717, 1.165) is 34.3 Å². The van der Waals surface area contributed by atoms with E-state index in [0.29, 0.717) is 17.4 Å². The number of aryl methyl sites for hydroxylation is 2. The highest BCUT2D eigenvalue weighted by Gasteiger charge is 2.28. The monoisotopic (exact) mass is 448 g/mol. The van der Waals surface area contributed by atoms with Crippen molar-refractivity contribution in [3.8, 4) is 0 Å². The topological polar surface area (TPSA) is 93.5 Å². The third kappa shape index (κ3) is 4.80. The molecule has 3 aromatic rings. The van der Waals surface area contributed by atoms with Gasteiger partial charge in [-0.1, -0.05) is 30.3 Å². The number of benzene rings is 2. The van der Waals surface area contributed by atoms with Crippen LogP contribution in [0.25, 0.3) is 10.8 Å². The van der Waals surface area contributed by atoms with Crippen LogP contribution in [0.2, 0.25) is 0 Å². The summed E-state index contributed by atoms with van der Waals surface area (Å²) in [4.78, 5) is 40.5. The zero-order valence-corrected chi connectivity index (χ0v) is 19.1. The van der Waals surface area contributed by atoms with Crippen LogP contribution in [-0.2, 0) is 16.6 Å². The van der Waals surface area contributed by atoms with Crippen molar-refractivity contribution in [3.63, 3.8) is 0 Å². The Labute approximate surface area is 192 Å². The van der Waals surface area contributed by atoms with Gasteiger partial charge in [-0.3, -0.25) is 14.4 Å². The van der Waals surface area contributed by atoms with E-state index in [1.54, 1.807) is 24.3 Å². The van der Waals surface area contributed by atoms with Crippen LogP contribution in [0.5, 0.6) is 0 Å². The van der Waals surface area contributed by atoms with Crippen molar-refractivity contribution in [2.75, 3.05) is 25.0 Å². The number of rotatable bonds is 6. The third-order valence-corrected chi connectivity index (χ3v) is 6.11. The van der Waals surface area contributed by atoms with E-state index >= 15 is 0 Å². The van der Waals surface area contributed by atoms with Crippen molar-refractivity contribution in [1.82, 2.24) is 14.7 Å². The second-order valence-electron chi connectivity index (χ2n) is 8.44. The third-order valence-electron chi connectivity index (χ3n) is 6.11. The fourth-order valence-electron chi connectivity index (χ4n) is 4.11. The molecule has 0 aliphatic carbocycles. The van der Waals surface area contributed by atoms with Gasteiger partial charge in [0.2, 0.25) is 5.91 Å². The van der Waals surface area contributed by atoms with Crippen molar-refractivity contribution in [1.29, 1.82) is 0 Å². The van der Waals surface area contributed by atoms with E-state index in [2.05, 4.69) is 10.4 Å². The fourth-order valence-corrected chi connectivity index (χ4v) is 4.11. The number of amides is 2. The highest BCUT2D eigenvalue weighted by Crippen LogP contribution is 2.20. The van der Waals surface area contributed by atoms with Gasteiger partial charge < -0.3 is 15.0 Å². The second kappa shape index (κ2) is 9.54. The van der Waals surface area contributed by atoms with Crippen LogP contribution in [0.1, 0.15) is 34.5 Å². The first-order valence-electron chi connectivity index (χ1n) is 11.1. The van der Waals surface area contributed by atoms with E-state index in [-0.39, 0.29) is 36.4 Å². The van der Waals surface area contributed by atoms with Crippen molar-refractivity contribution in [3.05, 3.63) is 69.6 Å². The summed E-state index contributed by atoms with van der Waals surface area (Å²) in [6, 6.07) is 12.6. The molecule has 2 aromatic carbocycles. The minimum absolute atomic E-state index is 0.138. The predicted molar refractivity (Wildman–Crippen MR) is 126 cm³/mol. The molecule has 33 heavy (non-hydrogen) atoms. The van der Waals surface area contributed by atoms with Gasteiger partial charge in [0.05, 0.1) is 11.5 Å². The molecule has 0 bridgehead atoms. The number of aromatic nitrogens is 2. The summed E-state index contributed by atoms with van der Waals surface area (Å²) in [5, 5.41) is 8.06. The number of nitrogens with zero attached hydrogens (tertiary/aromatic N) is 3. The Kier molecular flexibility index (Phi) is 6.55. The maximum Gasteiger partial charge on any atom is 0.275 e. The molecule has 1 aromatic heterocycles. The molecule has 2 amide bonds. The first kappa shape index (κ1) is 22.7. The molecule has 4 rings (SSSR count). The fraction of sp³-hybridized carbons (Fsp3) is 0.360. The van der Waals surface area contributed by atoms with Gasteiger partial charge in [-0.25, -0.2) is 4.68 Å². The lowest BCUT2D eigenvalue weighted by molar-refractivity contribution is -0.117. The van der Waals surface area contributed by atoms with Gasteiger partial charge >= 0.3 is 0 Å². The molecule has 1 unspecified atom stereocenters. The Morgan fingerprint density at radius 1 is 1.15 bits per heavy atom. The highest BCUT2D eigenvalue weighted by atomic mass is 16.5. The Morgan fingerprint density at radius 2 is 1.91 bits per heavy atom. The van der Waals surface area contributed by atoms with Crippen LogP contribution >= 0.6 is 0 Å². The van der Waals surface area contributed by atoms with Gasteiger partial charge in [0.15, 0.2) is 5.69 Å². The number of hydrogen-bond acceptors (Lipinski definition) is 5. The maximum absolute atomic E-state index is 13.6. The standard InChI is InChI=1S/C25H28N4O4/c1-16-8-6-12-21(17(16)2)26-22(30)15-29(14-18-9-7-13-33-18)25(32)23-19-10-4-5-11-20(19)24(31)28(3)27-23/h4-6,8,10-12,18H,7,9,13-15H2,1-3H3,(H,26,30). The Hall–Kier alpha value is -3.52. The molecular formula is C25H28N4O4. The van der Waals surface area contributed by atoms with Crippen molar-refractivity contribution in [2.45, 2.75) is 32.8 Å². The molecule has 1 saturated heterocycles. The second-order valence-corrected chi connectivity index (χ2v) is 8.44. The smallest absolute Gasteiger partial charge is 0.275 e. The minimum Gasteiger partial charge on any atom is -0.376 e. The summed E-state index contributed by atoms with van der Waals surface area (Å²) in [5.41, 5.74) is 2.63. The van der Waals surface area contributed by atoms with Gasteiger partial charge in [-0.05, 0) is 49.9 Å². The molecule has 1 fully saturated rings. The predicted octanol–water partition coefficient (Wildman–Crippen LogP) is 2.81. The van der Waals surface area contributed by atoms with Gasteiger partial charge in [-0.15, -0.1) is 0 Å². The van der Waals surface area contributed by atoms with Gasteiger partial charge in [0, 0.05) is 31.3 Å². The molecule has 0 spiro atoms. The molecule has 1 N–H and O–H groups in total. The molecule has 2 heterocycles. The molecule has 1 atom stereocenters. The van der Waals surface area contributed by atoms with Crippen molar-refractivity contribution >= 4 is 28.3 Å². The number of ether oxygens (including phenoxy) is 1. The van der Waals surface area contributed by atoms with E-state index < -0.39 is 5.91 Å². The van der Waals surface area contributed by atoms with Crippen LogP contribution in [0, 0.1) is 13.8 Å². The summed E-state index contributed by atoms with van der Waals surface area (Å²) in [6.45, 7) is 4.70. The summed E-state index contributed by atoms with van der Waals surface area (Å²) < 4.78 is 6.90. The Balaban J connectivity index is 1.64. The molecule has 1 aliphatic heterocycles. The van der Waals surface area contributed by atoms with Crippen molar-refractivity contribution in [2.24, 2.45) is 7.05 Å². The van der Waals surface area contributed by atoms with E-state index in [4.69, 9.17) is 4.74 Å². The zero-order chi connectivity index (χ0) is 23.5. The summed E-state index contributed by atoms with van der Waals surface area (Å²) >= 11 is 0. The molecule has 172 valence electrons. The first-order chi connectivity index (χ1) is 15.8. The normalized spacial score (nSPS) is 15.5. The minimum atomic E-state index is -0.409. The van der Waals surface area contributed by atoms with Crippen LogP contribution in [0.4, 0.5) is 5.69 Å². The molecule has 0 radical (unpaired) electrons. The lowest BCUT2D eigenvalue weighted by atomic mass is 10.1. The van der Waals surface area contributed by atoms with Gasteiger partial charge in [0.25, 0.3) is 11.5 Å². The summed E-state index contributed by atoms with van der Waals surface area (Å²) in [7, 11) is 1.52. The summed E-state index contributed by atoms with van der Waals surface area (Å²) in [6.07, 6.45) is 1.60. The molecule has 8 heteroatoms. The zero-order valence-electron chi connectivity index (χ0n) is 19.1. The molecule has 0 saturated carbocycles. The van der Waals surface area contributed by atoms with Crippen LogP contribution in [0.15, 0.2) is 47.3 Å². The maximum atomic E-state index is 13.6. The number of hydrogen-bond donors (Lipinski definition) is 1.